The Morgan fingerprint density at radius 1 is 1.05 bits per heavy atom. The lowest BCUT2D eigenvalue weighted by molar-refractivity contribution is -0.140. The Bertz CT molecular complexity index is 531. The number of hydrogen-bond acceptors (Lipinski definition) is 3. The maximum atomic E-state index is 12.0. The van der Waals surface area contributed by atoms with Crippen LogP contribution >= 0.6 is 0 Å². The monoisotopic (exact) mass is 292 g/mol. The van der Waals surface area contributed by atoms with Crippen molar-refractivity contribution < 1.29 is 24.6 Å². The Labute approximate surface area is 121 Å². The number of carbonyl (C=O) groups is 3. The topological polar surface area (TPSA) is 107 Å². The highest BCUT2D eigenvalue weighted by Gasteiger charge is 2.26. The average Bonchev–Trinajstić information content (AvgIpc) is 2.78. The smallest absolute Gasteiger partial charge is 0.323 e. The van der Waals surface area contributed by atoms with Crippen molar-refractivity contribution in [3.63, 3.8) is 0 Å². The number of nitrogens with one attached hydrogen (secondary N) is 1. The van der Waals surface area contributed by atoms with Gasteiger partial charge in [-0.3, -0.25) is 9.59 Å². The molecule has 0 saturated carbocycles. The summed E-state index contributed by atoms with van der Waals surface area (Å²) in [6.45, 7) is -1.28. The van der Waals surface area contributed by atoms with Crippen LogP contribution in [0, 0.1) is 0 Å². The number of rotatable bonds is 5. The molecule has 21 heavy (non-hydrogen) atoms. The molecule has 1 aromatic carbocycles. The highest BCUT2D eigenvalue weighted by molar-refractivity contribution is 5.84. The molecule has 0 fully saturated rings. The zero-order chi connectivity index (χ0) is 15.4. The Morgan fingerprint density at radius 3 is 1.95 bits per heavy atom. The van der Waals surface area contributed by atoms with Crippen LogP contribution in [0.1, 0.15) is 11.1 Å². The SMILES string of the molecule is O=C(O)CN(CC(=O)O)C(=O)NC1Cc2ccccc2C1. The van der Waals surface area contributed by atoms with Crippen LogP contribution in [0.4, 0.5) is 4.79 Å². The van der Waals surface area contributed by atoms with E-state index in [1.807, 2.05) is 24.3 Å². The minimum atomic E-state index is -1.25. The standard InChI is InChI=1S/C14H16N2O5/c17-12(18)7-16(8-13(19)20)14(21)15-11-5-9-3-1-2-4-10(9)6-11/h1-4,11H,5-8H2,(H,15,21)(H,17,18)(H,19,20). The molecule has 0 bridgehead atoms. The van der Waals surface area contributed by atoms with Crippen LogP contribution in [-0.4, -0.2) is 52.2 Å². The predicted molar refractivity (Wildman–Crippen MR) is 73.0 cm³/mol. The van der Waals surface area contributed by atoms with Crippen molar-refractivity contribution in [2.45, 2.75) is 18.9 Å². The maximum absolute atomic E-state index is 12.0. The normalized spacial score (nSPS) is 13.5. The second-order valence-electron chi connectivity index (χ2n) is 4.97. The molecule has 2 amide bonds. The number of fused-ring (bicyclic) bond motifs is 1. The van der Waals surface area contributed by atoms with Crippen molar-refractivity contribution in [1.29, 1.82) is 0 Å². The van der Waals surface area contributed by atoms with Gasteiger partial charge in [0.2, 0.25) is 0 Å². The third-order valence-corrected chi connectivity index (χ3v) is 3.32. The minimum absolute atomic E-state index is 0.139. The summed E-state index contributed by atoms with van der Waals surface area (Å²) in [5.41, 5.74) is 2.29. The summed E-state index contributed by atoms with van der Waals surface area (Å²) < 4.78 is 0. The predicted octanol–water partition coefficient (Wildman–Crippen LogP) is 0.335. The average molecular weight is 292 g/mol. The Kier molecular flexibility index (Phi) is 4.42. The minimum Gasteiger partial charge on any atom is -0.480 e. The van der Waals surface area contributed by atoms with Gasteiger partial charge in [0, 0.05) is 6.04 Å². The first-order chi connectivity index (χ1) is 9.95. The second kappa shape index (κ2) is 6.25. The quantitative estimate of drug-likeness (QED) is 0.725. The molecule has 1 aromatic rings. The van der Waals surface area contributed by atoms with Crippen molar-refractivity contribution in [3.8, 4) is 0 Å². The summed E-state index contributed by atoms with van der Waals surface area (Å²) in [6, 6.07) is 6.99. The number of aliphatic carboxylic acids is 2. The maximum Gasteiger partial charge on any atom is 0.323 e. The van der Waals surface area contributed by atoms with Gasteiger partial charge in [-0.1, -0.05) is 24.3 Å². The molecule has 0 heterocycles. The molecule has 7 nitrogen and oxygen atoms in total. The molecule has 0 aromatic heterocycles. The van der Waals surface area contributed by atoms with E-state index in [0.717, 1.165) is 16.0 Å². The van der Waals surface area contributed by atoms with Gasteiger partial charge < -0.3 is 20.4 Å². The molecule has 0 unspecified atom stereocenters. The molecule has 0 aliphatic heterocycles. The van der Waals surface area contributed by atoms with Crippen LogP contribution in [-0.2, 0) is 22.4 Å². The Hall–Kier alpha value is -2.57. The van der Waals surface area contributed by atoms with E-state index in [-0.39, 0.29) is 6.04 Å². The van der Waals surface area contributed by atoms with E-state index >= 15 is 0 Å². The van der Waals surface area contributed by atoms with Gasteiger partial charge in [0.05, 0.1) is 0 Å². The van der Waals surface area contributed by atoms with Gasteiger partial charge in [0.15, 0.2) is 0 Å². The van der Waals surface area contributed by atoms with E-state index < -0.39 is 31.1 Å². The Balaban J connectivity index is 1.96. The van der Waals surface area contributed by atoms with E-state index in [2.05, 4.69) is 5.32 Å². The number of amides is 2. The molecule has 7 heteroatoms. The van der Waals surface area contributed by atoms with Crippen molar-refractivity contribution in [3.05, 3.63) is 35.4 Å². The van der Waals surface area contributed by atoms with Crippen LogP contribution in [0.5, 0.6) is 0 Å². The van der Waals surface area contributed by atoms with Crippen LogP contribution in [0.15, 0.2) is 24.3 Å². The molecular weight excluding hydrogens is 276 g/mol. The van der Waals surface area contributed by atoms with Gasteiger partial charge in [-0.25, -0.2) is 4.79 Å². The number of carboxylic acid groups (broad SMARTS) is 2. The summed E-state index contributed by atoms with van der Waals surface area (Å²) in [4.78, 5) is 34.2. The van der Waals surface area contributed by atoms with Crippen LogP contribution in [0.25, 0.3) is 0 Å². The molecule has 2 rings (SSSR count). The van der Waals surface area contributed by atoms with Gasteiger partial charge >= 0.3 is 18.0 Å². The summed E-state index contributed by atoms with van der Waals surface area (Å²) in [6.07, 6.45) is 1.33. The second-order valence-corrected chi connectivity index (χ2v) is 4.97. The zero-order valence-corrected chi connectivity index (χ0v) is 11.3. The zero-order valence-electron chi connectivity index (χ0n) is 11.3. The first-order valence-electron chi connectivity index (χ1n) is 6.51. The number of nitrogens with zero attached hydrogens (tertiary/aromatic N) is 1. The summed E-state index contributed by atoms with van der Waals surface area (Å²) >= 11 is 0. The van der Waals surface area contributed by atoms with Gasteiger partial charge in [-0.2, -0.15) is 0 Å². The van der Waals surface area contributed by atoms with E-state index in [1.54, 1.807) is 0 Å². The van der Waals surface area contributed by atoms with E-state index in [4.69, 9.17) is 10.2 Å². The molecule has 0 saturated heterocycles. The largest absolute Gasteiger partial charge is 0.480 e. The van der Waals surface area contributed by atoms with Crippen molar-refractivity contribution in [2.75, 3.05) is 13.1 Å². The van der Waals surface area contributed by atoms with Crippen LogP contribution < -0.4 is 5.32 Å². The summed E-state index contributed by atoms with van der Waals surface area (Å²) in [5.74, 6) is -2.50. The summed E-state index contributed by atoms with van der Waals surface area (Å²) in [5, 5.41) is 20.2. The fourth-order valence-corrected chi connectivity index (χ4v) is 2.45. The first kappa shape index (κ1) is 14.8. The lowest BCUT2D eigenvalue weighted by Crippen LogP contribution is -2.48. The third-order valence-electron chi connectivity index (χ3n) is 3.32. The van der Waals surface area contributed by atoms with Gasteiger partial charge in [0.1, 0.15) is 13.1 Å². The number of benzene rings is 1. The van der Waals surface area contributed by atoms with E-state index in [1.165, 1.54) is 0 Å². The number of urea groups is 1. The van der Waals surface area contributed by atoms with Crippen molar-refractivity contribution in [2.24, 2.45) is 0 Å². The van der Waals surface area contributed by atoms with Crippen LogP contribution in [0.2, 0.25) is 0 Å². The third kappa shape index (κ3) is 3.95. The lowest BCUT2D eigenvalue weighted by Gasteiger charge is -2.21. The molecule has 112 valence electrons. The number of carboxylic acids is 2. The molecule has 1 aliphatic rings. The van der Waals surface area contributed by atoms with Gasteiger partial charge in [0.25, 0.3) is 0 Å². The molecule has 1 aliphatic carbocycles. The molecule has 0 atom stereocenters. The Morgan fingerprint density at radius 2 is 1.52 bits per heavy atom. The fraction of sp³-hybridized carbons (Fsp3) is 0.357. The molecule has 0 spiro atoms. The van der Waals surface area contributed by atoms with E-state index in [9.17, 15) is 14.4 Å². The molecular formula is C14H16N2O5. The number of hydrogen-bond donors (Lipinski definition) is 3. The van der Waals surface area contributed by atoms with Crippen molar-refractivity contribution >= 4 is 18.0 Å². The van der Waals surface area contributed by atoms with Crippen molar-refractivity contribution in [1.82, 2.24) is 10.2 Å². The summed E-state index contributed by atoms with van der Waals surface area (Å²) in [7, 11) is 0. The van der Waals surface area contributed by atoms with Crippen LogP contribution in [0.3, 0.4) is 0 Å². The first-order valence-corrected chi connectivity index (χ1v) is 6.51. The van der Waals surface area contributed by atoms with Gasteiger partial charge in [-0.05, 0) is 24.0 Å². The van der Waals surface area contributed by atoms with E-state index in [0.29, 0.717) is 12.8 Å². The highest BCUT2D eigenvalue weighted by Crippen LogP contribution is 2.21. The fourth-order valence-electron chi connectivity index (χ4n) is 2.45. The highest BCUT2D eigenvalue weighted by atomic mass is 16.4. The number of carbonyl (C=O) groups excluding carboxylic acids is 1. The van der Waals surface area contributed by atoms with Gasteiger partial charge in [-0.15, -0.1) is 0 Å². The lowest BCUT2D eigenvalue weighted by atomic mass is 10.1. The molecule has 3 N–H and O–H groups in total. The molecule has 0 radical (unpaired) electrons.